The number of ether oxygens (including phenoxy) is 1. The molecule has 0 bridgehead atoms. The molecule has 0 radical (unpaired) electrons. The van der Waals surface area contributed by atoms with E-state index in [0.717, 1.165) is 5.56 Å². The van der Waals surface area contributed by atoms with Crippen molar-refractivity contribution in [1.82, 2.24) is 0 Å². The zero-order valence-corrected chi connectivity index (χ0v) is 9.62. The van der Waals surface area contributed by atoms with E-state index < -0.39 is 6.61 Å². The minimum absolute atomic E-state index is 0.134. The fraction of sp³-hybridized carbons (Fsp3) is 0.385. The van der Waals surface area contributed by atoms with Gasteiger partial charge in [0.05, 0.1) is 0 Å². The lowest BCUT2D eigenvalue weighted by molar-refractivity contribution is -0.0498. The molecule has 0 heterocycles. The van der Waals surface area contributed by atoms with E-state index >= 15 is 0 Å². The molecule has 0 aromatic heterocycles. The van der Waals surface area contributed by atoms with Crippen LogP contribution in [0.5, 0.6) is 5.75 Å². The predicted octanol–water partition coefficient (Wildman–Crippen LogP) is 3.09. The lowest BCUT2D eigenvalue weighted by Crippen LogP contribution is -2.10. The lowest BCUT2D eigenvalue weighted by Gasteiger charge is -2.12. The number of benzene rings is 1. The maximum Gasteiger partial charge on any atom is 0.387 e. The molecule has 92 valence electrons. The first-order valence-electron chi connectivity index (χ1n) is 5.33. The molecule has 0 aliphatic heterocycles. The first-order chi connectivity index (χ1) is 8.13. The summed E-state index contributed by atoms with van der Waals surface area (Å²) in [7, 11) is 0. The summed E-state index contributed by atoms with van der Waals surface area (Å²) in [5, 5.41) is 0. The van der Waals surface area contributed by atoms with Crippen molar-refractivity contribution in [3.05, 3.63) is 29.8 Å². The molecular weight excluding hydrogens is 224 g/mol. The van der Waals surface area contributed by atoms with E-state index in [2.05, 4.69) is 16.6 Å². The largest absolute Gasteiger partial charge is 0.435 e. The third-order valence-electron chi connectivity index (χ3n) is 2.27. The highest BCUT2D eigenvalue weighted by molar-refractivity contribution is 5.30. The third kappa shape index (κ3) is 4.83. The normalized spacial score (nSPS) is 11.8. The number of hydrogen-bond donors (Lipinski definition) is 1. The van der Waals surface area contributed by atoms with Gasteiger partial charge in [-0.3, -0.25) is 0 Å². The quantitative estimate of drug-likeness (QED) is 0.801. The smallest absolute Gasteiger partial charge is 0.387 e. The Balaban J connectivity index is 2.65. The Morgan fingerprint density at radius 3 is 2.82 bits per heavy atom. The molecule has 1 unspecified atom stereocenters. The van der Waals surface area contributed by atoms with Crippen molar-refractivity contribution in [1.29, 1.82) is 0 Å². The van der Waals surface area contributed by atoms with E-state index in [9.17, 15) is 8.78 Å². The molecular formula is C13H15F2NO. The number of nitrogens with two attached hydrogens (primary N) is 1. The van der Waals surface area contributed by atoms with Gasteiger partial charge in [0.25, 0.3) is 0 Å². The van der Waals surface area contributed by atoms with Crippen LogP contribution in [0.3, 0.4) is 0 Å². The monoisotopic (exact) mass is 239 g/mol. The number of rotatable bonds is 5. The average molecular weight is 239 g/mol. The van der Waals surface area contributed by atoms with Crippen LogP contribution in [-0.4, -0.2) is 6.61 Å². The van der Waals surface area contributed by atoms with Crippen LogP contribution in [0.4, 0.5) is 8.78 Å². The van der Waals surface area contributed by atoms with Gasteiger partial charge in [0, 0.05) is 12.5 Å². The fourth-order valence-electron chi connectivity index (χ4n) is 1.44. The van der Waals surface area contributed by atoms with Gasteiger partial charge in [-0.1, -0.05) is 12.1 Å². The van der Waals surface area contributed by atoms with E-state index in [4.69, 9.17) is 5.73 Å². The van der Waals surface area contributed by atoms with Gasteiger partial charge in [0.1, 0.15) is 5.75 Å². The molecule has 2 nitrogen and oxygen atoms in total. The third-order valence-corrected chi connectivity index (χ3v) is 2.27. The molecule has 4 heteroatoms. The van der Waals surface area contributed by atoms with Gasteiger partial charge in [-0.05, 0) is 31.0 Å². The van der Waals surface area contributed by atoms with E-state index in [1.54, 1.807) is 19.1 Å². The van der Waals surface area contributed by atoms with Gasteiger partial charge in [0.2, 0.25) is 0 Å². The van der Waals surface area contributed by atoms with Crippen LogP contribution in [0.2, 0.25) is 0 Å². The Hall–Kier alpha value is -1.60. The van der Waals surface area contributed by atoms with E-state index in [1.165, 1.54) is 12.1 Å². The second kappa shape index (κ2) is 6.87. The molecule has 0 fully saturated rings. The first kappa shape index (κ1) is 13.5. The summed E-state index contributed by atoms with van der Waals surface area (Å²) in [5.41, 5.74) is 6.70. The molecule has 0 saturated carbocycles. The summed E-state index contributed by atoms with van der Waals surface area (Å²) in [6.45, 7) is -1.05. The van der Waals surface area contributed by atoms with Crippen LogP contribution >= 0.6 is 0 Å². The number of alkyl halides is 2. The zero-order chi connectivity index (χ0) is 12.7. The molecule has 0 aliphatic carbocycles. The molecule has 1 aromatic carbocycles. The Morgan fingerprint density at radius 2 is 2.18 bits per heavy atom. The molecule has 0 saturated heterocycles. The summed E-state index contributed by atoms with van der Waals surface area (Å²) < 4.78 is 28.4. The number of halogens is 2. The van der Waals surface area contributed by atoms with Crippen molar-refractivity contribution in [2.24, 2.45) is 5.73 Å². The van der Waals surface area contributed by atoms with Crippen molar-refractivity contribution in [3.8, 4) is 17.6 Å². The summed E-state index contributed by atoms with van der Waals surface area (Å²) in [5.74, 6) is 5.83. The van der Waals surface area contributed by atoms with Gasteiger partial charge in [-0.2, -0.15) is 8.78 Å². The SMILES string of the molecule is CC#CCCC(N)c1cccc(OC(F)F)c1. The summed E-state index contributed by atoms with van der Waals surface area (Å²) in [4.78, 5) is 0. The van der Waals surface area contributed by atoms with Crippen molar-refractivity contribution in [2.75, 3.05) is 0 Å². The van der Waals surface area contributed by atoms with Gasteiger partial charge in [-0.25, -0.2) is 0 Å². The standard InChI is InChI=1S/C13H15F2NO/c1-2-3-4-8-12(16)10-6-5-7-11(9-10)17-13(14)15/h5-7,9,12-13H,4,8,16H2,1H3. The molecule has 0 amide bonds. The van der Waals surface area contributed by atoms with Gasteiger partial charge < -0.3 is 10.5 Å². The molecule has 1 rings (SSSR count). The van der Waals surface area contributed by atoms with Crippen molar-refractivity contribution >= 4 is 0 Å². The maximum absolute atomic E-state index is 12.0. The van der Waals surface area contributed by atoms with E-state index in [1.807, 2.05) is 0 Å². The highest BCUT2D eigenvalue weighted by atomic mass is 19.3. The molecule has 0 spiro atoms. The molecule has 1 aromatic rings. The first-order valence-corrected chi connectivity index (χ1v) is 5.33. The summed E-state index contributed by atoms with van der Waals surface area (Å²) in [6.07, 6.45) is 1.39. The molecule has 17 heavy (non-hydrogen) atoms. The van der Waals surface area contributed by atoms with Crippen molar-refractivity contribution in [2.45, 2.75) is 32.4 Å². The average Bonchev–Trinajstić information content (AvgIpc) is 2.28. The van der Waals surface area contributed by atoms with Gasteiger partial charge >= 0.3 is 6.61 Å². The lowest BCUT2D eigenvalue weighted by atomic mass is 10.0. The second-order valence-electron chi connectivity index (χ2n) is 3.52. The summed E-state index contributed by atoms with van der Waals surface area (Å²) >= 11 is 0. The zero-order valence-electron chi connectivity index (χ0n) is 9.62. The minimum Gasteiger partial charge on any atom is -0.435 e. The molecule has 2 N–H and O–H groups in total. The van der Waals surface area contributed by atoms with Gasteiger partial charge in [-0.15, -0.1) is 11.8 Å². The summed E-state index contributed by atoms with van der Waals surface area (Å²) in [6, 6.07) is 6.25. The minimum atomic E-state index is -2.81. The Morgan fingerprint density at radius 1 is 1.41 bits per heavy atom. The van der Waals surface area contributed by atoms with E-state index in [0.29, 0.717) is 12.8 Å². The maximum atomic E-state index is 12.0. The highest BCUT2D eigenvalue weighted by Gasteiger charge is 2.08. The van der Waals surface area contributed by atoms with Crippen LogP contribution in [0.1, 0.15) is 31.4 Å². The van der Waals surface area contributed by atoms with Crippen LogP contribution < -0.4 is 10.5 Å². The fourth-order valence-corrected chi connectivity index (χ4v) is 1.44. The van der Waals surface area contributed by atoms with E-state index in [-0.39, 0.29) is 11.8 Å². The highest BCUT2D eigenvalue weighted by Crippen LogP contribution is 2.21. The van der Waals surface area contributed by atoms with Crippen LogP contribution in [0.15, 0.2) is 24.3 Å². The van der Waals surface area contributed by atoms with Crippen molar-refractivity contribution < 1.29 is 13.5 Å². The Bertz CT molecular complexity index is 409. The van der Waals surface area contributed by atoms with Crippen molar-refractivity contribution in [3.63, 3.8) is 0 Å². The molecule has 0 aliphatic rings. The Labute approximate surface area is 99.8 Å². The predicted molar refractivity (Wildman–Crippen MR) is 62.7 cm³/mol. The van der Waals surface area contributed by atoms with Crippen LogP contribution in [-0.2, 0) is 0 Å². The molecule has 1 atom stereocenters. The Kier molecular flexibility index (Phi) is 5.44. The van der Waals surface area contributed by atoms with Crippen LogP contribution in [0.25, 0.3) is 0 Å². The van der Waals surface area contributed by atoms with Gasteiger partial charge in [0.15, 0.2) is 0 Å². The topological polar surface area (TPSA) is 35.2 Å². The number of hydrogen-bond acceptors (Lipinski definition) is 2. The second-order valence-corrected chi connectivity index (χ2v) is 3.52. The van der Waals surface area contributed by atoms with Crippen LogP contribution in [0, 0.1) is 11.8 Å².